The molecule has 2 heterocycles. The first-order valence-electron chi connectivity index (χ1n) is 9.36. The van der Waals surface area contributed by atoms with Crippen molar-refractivity contribution in [2.24, 2.45) is 0 Å². The fourth-order valence-corrected chi connectivity index (χ4v) is 2.84. The van der Waals surface area contributed by atoms with E-state index in [2.05, 4.69) is 10.3 Å². The number of aryl methyl sites for hydroxylation is 1. The first-order chi connectivity index (χ1) is 12.7. The monoisotopic (exact) mass is 408 g/mol. The molecule has 1 aromatic heterocycles. The lowest BCUT2D eigenvalue weighted by atomic mass is 9.76. The van der Waals surface area contributed by atoms with Crippen molar-refractivity contribution in [1.82, 2.24) is 10.3 Å². The predicted octanol–water partition coefficient (Wildman–Crippen LogP) is 4.58. The zero-order chi connectivity index (χ0) is 21.3. The summed E-state index contributed by atoms with van der Waals surface area (Å²) in [6.07, 6.45) is 3.01. The topological polar surface area (TPSA) is 69.7 Å². The molecular formula is C20H30BClN2O4. The quantitative estimate of drug-likeness (QED) is 0.583. The minimum atomic E-state index is -0.629. The Morgan fingerprint density at radius 1 is 1.29 bits per heavy atom. The van der Waals surface area contributed by atoms with Crippen molar-refractivity contribution in [1.29, 1.82) is 0 Å². The number of hydrogen-bond acceptors (Lipinski definition) is 5. The van der Waals surface area contributed by atoms with Gasteiger partial charge in [-0.25, -0.2) is 9.78 Å². The zero-order valence-corrected chi connectivity index (χ0v) is 18.7. The number of carbonyl (C=O) groups is 1. The molecule has 0 radical (unpaired) electrons. The molecule has 2 rings (SSSR count). The molecule has 0 aliphatic carbocycles. The van der Waals surface area contributed by atoms with Gasteiger partial charge in [-0.3, -0.25) is 0 Å². The second-order valence-electron chi connectivity index (χ2n) is 9.00. The van der Waals surface area contributed by atoms with Crippen LogP contribution in [0.3, 0.4) is 0 Å². The maximum Gasteiger partial charge on any atom is 0.492 e. The van der Waals surface area contributed by atoms with E-state index in [0.717, 1.165) is 16.6 Å². The maximum atomic E-state index is 12.1. The Morgan fingerprint density at radius 3 is 2.36 bits per heavy atom. The first kappa shape index (κ1) is 22.7. The molecule has 8 heteroatoms. The van der Waals surface area contributed by atoms with E-state index in [1.54, 1.807) is 6.20 Å². The number of aromatic nitrogens is 1. The standard InChI is InChI=1S/C20H30BClN2O4/c1-13-9-10-23-16(22)15(13)11-14(12-24-17(25)26-18(2,3)4)21-27-19(5,6)20(7,8)28-21/h9-11H,12H2,1-8H3,(H,24,25). The van der Waals surface area contributed by atoms with E-state index < -0.39 is 30.0 Å². The number of rotatable bonds is 4. The number of pyridine rings is 1. The van der Waals surface area contributed by atoms with Crippen LogP contribution in [0, 0.1) is 6.92 Å². The van der Waals surface area contributed by atoms with E-state index >= 15 is 0 Å². The Bertz CT molecular complexity index is 736. The lowest BCUT2D eigenvalue weighted by Crippen LogP contribution is -2.41. The summed E-state index contributed by atoms with van der Waals surface area (Å²) >= 11 is 6.29. The fourth-order valence-electron chi connectivity index (χ4n) is 2.58. The van der Waals surface area contributed by atoms with Gasteiger partial charge in [0.05, 0.1) is 11.2 Å². The van der Waals surface area contributed by atoms with Gasteiger partial charge in [0.15, 0.2) is 0 Å². The fraction of sp³-hybridized carbons (Fsp3) is 0.600. The molecule has 0 atom stereocenters. The highest BCUT2D eigenvalue weighted by Gasteiger charge is 2.52. The molecule has 1 aromatic rings. The number of amides is 1. The highest BCUT2D eigenvalue weighted by molar-refractivity contribution is 6.56. The van der Waals surface area contributed by atoms with Crippen LogP contribution in [0.15, 0.2) is 17.7 Å². The number of nitrogens with one attached hydrogen (secondary N) is 1. The summed E-state index contributed by atoms with van der Waals surface area (Å²) in [5.74, 6) is 0. The molecule has 28 heavy (non-hydrogen) atoms. The first-order valence-corrected chi connectivity index (χ1v) is 9.74. The van der Waals surface area contributed by atoms with Crippen LogP contribution in [0.4, 0.5) is 4.79 Å². The lowest BCUT2D eigenvalue weighted by molar-refractivity contribution is 0.00578. The van der Waals surface area contributed by atoms with Gasteiger partial charge in [-0.1, -0.05) is 17.7 Å². The van der Waals surface area contributed by atoms with Gasteiger partial charge in [-0.15, -0.1) is 0 Å². The van der Waals surface area contributed by atoms with Crippen molar-refractivity contribution in [3.8, 4) is 0 Å². The molecule has 1 aliphatic heterocycles. The summed E-state index contributed by atoms with van der Waals surface area (Å²) < 4.78 is 17.7. The molecule has 154 valence electrons. The summed E-state index contributed by atoms with van der Waals surface area (Å²) in [6, 6.07) is 1.88. The summed E-state index contributed by atoms with van der Waals surface area (Å²) in [5.41, 5.74) is 0.864. The van der Waals surface area contributed by atoms with Crippen molar-refractivity contribution in [3.05, 3.63) is 34.0 Å². The Morgan fingerprint density at radius 2 is 1.86 bits per heavy atom. The van der Waals surface area contributed by atoms with Crippen LogP contribution in [0.2, 0.25) is 5.15 Å². The third-order valence-corrected chi connectivity index (χ3v) is 5.18. The van der Waals surface area contributed by atoms with E-state index in [0.29, 0.717) is 5.15 Å². The molecule has 0 aromatic carbocycles. The molecule has 1 amide bonds. The second-order valence-corrected chi connectivity index (χ2v) is 9.35. The Balaban J connectivity index is 2.32. The van der Waals surface area contributed by atoms with E-state index in [4.69, 9.17) is 25.6 Å². The van der Waals surface area contributed by atoms with Gasteiger partial charge in [-0.05, 0) is 72.5 Å². The third kappa shape index (κ3) is 5.49. The van der Waals surface area contributed by atoms with Gasteiger partial charge < -0.3 is 19.4 Å². The van der Waals surface area contributed by atoms with E-state index in [-0.39, 0.29) is 6.54 Å². The van der Waals surface area contributed by atoms with Crippen LogP contribution in [0.5, 0.6) is 0 Å². The van der Waals surface area contributed by atoms with Crippen LogP contribution in [-0.2, 0) is 14.0 Å². The number of alkyl carbamates (subject to hydrolysis) is 1. The summed E-state index contributed by atoms with van der Waals surface area (Å²) in [5, 5.41) is 3.16. The van der Waals surface area contributed by atoms with Gasteiger partial charge in [0.25, 0.3) is 0 Å². The van der Waals surface area contributed by atoms with Crippen molar-refractivity contribution >= 4 is 30.9 Å². The number of hydrogen-bond donors (Lipinski definition) is 1. The Hall–Kier alpha value is -1.57. The molecule has 1 N–H and O–H groups in total. The van der Waals surface area contributed by atoms with E-state index in [1.165, 1.54) is 0 Å². The normalized spacial score (nSPS) is 18.9. The van der Waals surface area contributed by atoms with E-state index in [1.807, 2.05) is 67.5 Å². The Labute approximate surface area is 173 Å². The van der Waals surface area contributed by atoms with Crippen LogP contribution in [0.25, 0.3) is 6.08 Å². The number of halogens is 1. The van der Waals surface area contributed by atoms with Gasteiger partial charge in [0.1, 0.15) is 10.8 Å². The second kappa shape index (κ2) is 8.05. The summed E-state index contributed by atoms with van der Waals surface area (Å²) in [6.45, 7) is 15.5. The highest BCUT2D eigenvalue weighted by Crippen LogP contribution is 2.39. The van der Waals surface area contributed by atoms with Crippen molar-refractivity contribution in [2.75, 3.05) is 6.54 Å². The molecule has 1 fully saturated rings. The molecule has 0 unspecified atom stereocenters. The largest absolute Gasteiger partial charge is 0.492 e. The maximum absolute atomic E-state index is 12.1. The molecule has 1 saturated heterocycles. The van der Waals surface area contributed by atoms with Crippen LogP contribution in [0.1, 0.15) is 59.6 Å². The molecule has 6 nitrogen and oxygen atoms in total. The van der Waals surface area contributed by atoms with Crippen LogP contribution < -0.4 is 5.32 Å². The van der Waals surface area contributed by atoms with Crippen molar-refractivity contribution < 1.29 is 18.8 Å². The SMILES string of the molecule is Cc1ccnc(Cl)c1C=C(CNC(=O)OC(C)(C)C)B1OC(C)(C)C(C)(C)O1. The average Bonchev–Trinajstić information content (AvgIpc) is 2.72. The lowest BCUT2D eigenvalue weighted by Gasteiger charge is -2.32. The molecule has 0 spiro atoms. The number of carbonyl (C=O) groups excluding carboxylic acids is 1. The number of nitrogens with zero attached hydrogens (tertiary/aromatic N) is 1. The van der Waals surface area contributed by atoms with Crippen molar-refractivity contribution in [3.63, 3.8) is 0 Å². The molecular weight excluding hydrogens is 378 g/mol. The smallest absolute Gasteiger partial charge is 0.444 e. The summed E-state index contributed by atoms with van der Waals surface area (Å²) in [4.78, 5) is 16.3. The molecule has 0 saturated carbocycles. The van der Waals surface area contributed by atoms with Gasteiger partial charge in [0, 0.05) is 18.3 Å². The zero-order valence-electron chi connectivity index (χ0n) is 18.0. The Kier molecular flexibility index (Phi) is 6.53. The number of ether oxygens (including phenoxy) is 1. The van der Waals surface area contributed by atoms with Crippen molar-refractivity contribution in [2.45, 2.75) is 72.2 Å². The summed E-state index contributed by atoms with van der Waals surface area (Å²) in [7, 11) is -0.629. The average molecular weight is 409 g/mol. The molecule has 0 bridgehead atoms. The molecule has 1 aliphatic rings. The minimum absolute atomic E-state index is 0.191. The van der Waals surface area contributed by atoms with E-state index in [9.17, 15) is 4.79 Å². The predicted molar refractivity (Wildman–Crippen MR) is 112 cm³/mol. The third-order valence-electron chi connectivity index (χ3n) is 4.88. The van der Waals surface area contributed by atoms with Crippen LogP contribution in [-0.4, -0.2) is 41.5 Å². The van der Waals surface area contributed by atoms with Crippen LogP contribution >= 0.6 is 11.6 Å². The van der Waals surface area contributed by atoms with Gasteiger partial charge in [0.2, 0.25) is 0 Å². The minimum Gasteiger partial charge on any atom is -0.444 e. The highest BCUT2D eigenvalue weighted by atomic mass is 35.5. The van der Waals surface area contributed by atoms with Gasteiger partial charge in [-0.2, -0.15) is 0 Å². The van der Waals surface area contributed by atoms with Gasteiger partial charge >= 0.3 is 13.2 Å².